The molecule has 11 heteroatoms. The Morgan fingerprint density at radius 1 is 1.03 bits per heavy atom. The third kappa shape index (κ3) is 4.98. The first kappa shape index (κ1) is 22.2. The van der Waals surface area contributed by atoms with E-state index in [1.54, 1.807) is 19.2 Å². The van der Waals surface area contributed by atoms with Crippen molar-refractivity contribution in [2.45, 2.75) is 12.1 Å². The molecule has 0 bridgehead atoms. The van der Waals surface area contributed by atoms with E-state index in [-0.39, 0.29) is 23.6 Å². The van der Waals surface area contributed by atoms with Crippen LogP contribution in [0.1, 0.15) is 16.2 Å². The van der Waals surface area contributed by atoms with E-state index in [9.17, 15) is 26.7 Å². The maximum absolute atomic E-state index is 13.3. The van der Waals surface area contributed by atoms with Crippen molar-refractivity contribution in [2.24, 2.45) is 0 Å². The number of benzene rings is 2. The van der Waals surface area contributed by atoms with Crippen LogP contribution in [0, 0.1) is 0 Å². The molecular weight excluding hydrogens is 425 g/mol. The van der Waals surface area contributed by atoms with Crippen LogP contribution in [0.2, 0.25) is 0 Å². The SMILES string of the molecule is CN(CCOc1ccccc1)C(=O)c1ccc(-c2noc(C(F)(F)C(F)(F)F)n2)cc1. The molecule has 0 atom stereocenters. The van der Waals surface area contributed by atoms with E-state index < -0.39 is 23.8 Å². The fourth-order valence-corrected chi connectivity index (χ4v) is 2.49. The Balaban J connectivity index is 1.62. The zero-order chi connectivity index (χ0) is 22.6. The number of carbonyl (C=O) groups excluding carboxylic acids is 1. The number of alkyl halides is 5. The van der Waals surface area contributed by atoms with Gasteiger partial charge >= 0.3 is 18.0 Å². The maximum atomic E-state index is 13.3. The normalized spacial score (nSPS) is 11.9. The van der Waals surface area contributed by atoms with Gasteiger partial charge in [-0.1, -0.05) is 35.5 Å². The van der Waals surface area contributed by atoms with Gasteiger partial charge < -0.3 is 14.2 Å². The summed E-state index contributed by atoms with van der Waals surface area (Å²) < 4.78 is 73.4. The number of likely N-dealkylation sites (N-methyl/N-ethyl adjacent to an activating group) is 1. The van der Waals surface area contributed by atoms with E-state index in [0.29, 0.717) is 12.3 Å². The second kappa shape index (κ2) is 8.70. The summed E-state index contributed by atoms with van der Waals surface area (Å²) in [6.45, 7) is 0.569. The fraction of sp³-hybridized carbons (Fsp3) is 0.250. The van der Waals surface area contributed by atoms with Crippen molar-refractivity contribution in [3.63, 3.8) is 0 Å². The number of ether oxygens (including phenoxy) is 1. The highest BCUT2D eigenvalue weighted by atomic mass is 19.4. The van der Waals surface area contributed by atoms with Crippen LogP contribution >= 0.6 is 0 Å². The van der Waals surface area contributed by atoms with Gasteiger partial charge in [0.05, 0.1) is 6.54 Å². The maximum Gasteiger partial charge on any atom is 0.463 e. The molecule has 0 radical (unpaired) electrons. The van der Waals surface area contributed by atoms with Gasteiger partial charge in [-0.15, -0.1) is 0 Å². The number of hydrogen-bond acceptors (Lipinski definition) is 5. The topological polar surface area (TPSA) is 68.5 Å². The minimum atomic E-state index is -5.86. The Labute approximate surface area is 173 Å². The summed E-state index contributed by atoms with van der Waals surface area (Å²) in [5, 5.41) is 3.17. The van der Waals surface area contributed by atoms with Crippen LogP contribution in [0.25, 0.3) is 11.4 Å². The molecule has 6 nitrogen and oxygen atoms in total. The first-order chi connectivity index (χ1) is 14.6. The van der Waals surface area contributed by atoms with Gasteiger partial charge in [-0.2, -0.15) is 26.9 Å². The van der Waals surface area contributed by atoms with Crippen LogP contribution in [0.15, 0.2) is 59.1 Å². The molecule has 1 heterocycles. The van der Waals surface area contributed by atoms with Crippen molar-refractivity contribution in [1.29, 1.82) is 0 Å². The Morgan fingerprint density at radius 3 is 2.29 bits per heavy atom. The van der Waals surface area contributed by atoms with Crippen LogP contribution in [0.5, 0.6) is 5.75 Å². The predicted octanol–water partition coefficient (Wildman–Crippen LogP) is 4.54. The van der Waals surface area contributed by atoms with Crippen LogP contribution in [-0.2, 0) is 5.92 Å². The Morgan fingerprint density at radius 2 is 1.68 bits per heavy atom. The molecule has 0 unspecified atom stereocenters. The summed E-state index contributed by atoms with van der Waals surface area (Å²) in [7, 11) is 1.58. The van der Waals surface area contributed by atoms with Gasteiger partial charge in [-0.3, -0.25) is 4.79 Å². The quantitative estimate of drug-likeness (QED) is 0.504. The van der Waals surface area contributed by atoms with E-state index in [1.165, 1.54) is 29.2 Å². The van der Waals surface area contributed by atoms with E-state index >= 15 is 0 Å². The van der Waals surface area contributed by atoms with Crippen molar-refractivity contribution >= 4 is 5.91 Å². The highest BCUT2D eigenvalue weighted by Crippen LogP contribution is 2.43. The highest BCUT2D eigenvalue weighted by Gasteiger charge is 2.63. The molecule has 2 aromatic carbocycles. The smallest absolute Gasteiger partial charge is 0.463 e. The molecule has 0 aliphatic heterocycles. The Bertz CT molecular complexity index is 1020. The average molecular weight is 441 g/mol. The second-order valence-corrected chi connectivity index (χ2v) is 6.46. The van der Waals surface area contributed by atoms with E-state index in [1.807, 2.05) is 18.2 Å². The number of halogens is 5. The van der Waals surface area contributed by atoms with Crippen LogP contribution in [-0.4, -0.2) is 47.3 Å². The molecule has 0 saturated heterocycles. The monoisotopic (exact) mass is 441 g/mol. The van der Waals surface area contributed by atoms with Gasteiger partial charge in [-0.05, 0) is 24.3 Å². The lowest BCUT2D eigenvalue weighted by Crippen LogP contribution is -2.33. The molecule has 3 aromatic rings. The van der Waals surface area contributed by atoms with Crippen molar-refractivity contribution in [2.75, 3.05) is 20.2 Å². The molecule has 1 aromatic heterocycles. The van der Waals surface area contributed by atoms with Crippen LogP contribution in [0.3, 0.4) is 0 Å². The predicted molar refractivity (Wildman–Crippen MR) is 98.6 cm³/mol. The van der Waals surface area contributed by atoms with Crippen molar-refractivity contribution < 1.29 is 36.0 Å². The summed E-state index contributed by atoms with van der Waals surface area (Å²) >= 11 is 0. The molecule has 0 aliphatic rings. The highest BCUT2D eigenvalue weighted by molar-refractivity contribution is 5.94. The standard InChI is InChI=1S/C20H16F5N3O3/c1-28(11-12-30-15-5-3-2-4-6-15)17(29)14-9-7-13(8-10-14)16-26-18(31-27-16)19(21,22)20(23,24)25/h2-10H,11-12H2,1H3. The molecular formula is C20H16F5N3O3. The number of carbonyl (C=O) groups is 1. The molecule has 164 valence electrons. The van der Waals surface area contributed by atoms with E-state index in [4.69, 9.17) is 4.74 Å². The van der Waals surface area contributed by atoms with Gasteiger partial charge in [0.1, 0.15) is 12.4 Å². The van der Waals surface area contributed by atoms with Gasteiger partial charge in [0.25, 0.3) is 5.91 Å². The molecule has 0 saturated carbocycles. The van der Waals surface area contributed by atoms with E-state index in [0.717, 1.165) is 0 Å². The van der Waals surface area contributed by atoms with Gasteiger partial charge in [0, 0.05) is 18.2 Å². The minimum Gasteiger partial charge on any atom is -0.492 e. The van der Waals surface area contributed by atoms with Crippen molar-refractivity contribution in [1.82, 2.24) is 15.0 Å². The number of nitrogens with zero attached hydrogens (tertiary/aromatic N) is 3. The van der Waals surface area contributed by atoms with Crippen molar-refractivity contribution in [3.8, 4) is 17.1 Å². The zero-order valence-corrected chi connectivity index (χ0v) is 16.1. The van der Waals surface area contributed by atoms with Crippen LogP contribution < -0.4 is 4.74 Å². The summed E-state index contributed by atoms with van der Waals surface area (Å²) in [4.78, 5) is 17.0. The molecule has 0 fully saturated rings. The van der Waals surface area contributed by atoms with Gasteiger partial charge in [-0.25, -0.2) is 0 Å². The largest absolute Gasteiger partial charge is 0.492 e. The number of aromatic nitrogens is 2. The minimum absolute atomic E-state index is 0.111. The first-order valence-corrected chi connectivity index (χ1v) is 8.92. The zero-order valence-electron chi connectivity index (χ0n) is 16.1. The Kier molecular flexibility index (Phi) is 6.23. The lowest BCUT2D eigenvalue weighted by molar-refractivity contribution is -0.298. The summed E-state index contributed by atoms with van der Waals surface area (Å²) in [6.07, 6.45) is -5.86. The van der Waals surface area contributed by atoms with Crippen molar-refractivity contribution in [3.05, 3.63) is 66.1 Å². The molecule has 0 aliphatic carbocycles. The molecule has 0 N–H and O–H groups in total. The average Bonchev–Trinajstić information content (AvgIpc) is 3.24. The number of hydrogen-bond donors (Lipinski definition) is 0. The third-order valence-electron chi connectivity index (χ3n) is 4.23. The third-order valence-corrected chi connectivity index (χ3v) is 4.23. The summed E-state index contributed by atoms with van der Waals surface area (Å²) in [5.74, 6) is -7.24. The molecule has 0 spiro atoms. The van der Waals surface area contributed by atoms with Gasteiger partial charge in [0.2, 0.25) is 5.82 Å². The molecule has 1 amide bonds. The Hall–Kier alpha value is -3.50. The first-order valence-electron chi connectivity index (χ1n) is 8.92. The fourth-order valence-electron chi connectivity index (χ4n) is 2.49. The summed E-state index contributed by atoms with van der Waals surface area (Å²) in [6, 6.07) is 14.5. The number of rotatable bonds is 7. The number of para-hydroxylation sites is 1. The van der Waals surface area contributed by atoms with Crippen LogP contribution in [0.4, 0.5) is 22.0 Å². The lowest BCUT2D eigenvalue weighted by Gasteiger charge is -2.17. The molecule has 3 rings (SSSR count). The molecule has 31 heavy (non-hydrogen) atoms. The lowest BCUT2D eigenvalue weighted by atomic mass is 10.1. The number of amides is 1. The van der Waals surface area contributed by atoms with E-state index in [2.05, 4.69) is 14.7 Å². The summed E-state index contributed by atoms with van der Waals surface area (Å²) in [5.41, 5.74) is 0.384. The van der Waals surface area contributed by atoms with Gasteiger partial charge in [0.15, 0.2) is 0 Å². The second-order valence-electron chi connectivity index (χ2n) is 6.46.